The topological polar surface area (TPSA) is 46.6 Å². The molecule has 0 unspecified atom stereocenters. The van der Waals surface area contributed by atoms with Crippen molar-refractivity contribution in [3.63, 3.8) is 0 Å². The Morgan fingerprint density at radius 1 is 1.09 bits per heavy atom. The molecule has 2 aromatic rings. The Bertz CT molecular complexity index is 745. The molecule has 2 rings (SSSR count). The zero-order chi connectivity index (χ0) is 16.9. The summed E-state index contributed by atoms with van der Waals surface area (Å²) >= 11 is 0. The lowest BCUT2D eigenvalue weighted by Crippen LogP contribution is -2.32. The number of hydrogen-bond donors (Lipinski definition) is 0. The van der Waals surface area contributed by atoms with Crippen LogP contribution in [0.2, 0.25) is 0 Å². The first-order valence-electron chi connectivity index (χ1n) is 7.42. The predicted octanol–water partition coefficient (Wildman–Crippen LogP) is 3.83. The largest absolute Gasteiger partial charge is 0.495 e. The first kappa shape index (κ1) is 17.3. The molecule has 2 aromatic carbocycles. The van der Waals surface area contributed by atoms with Crippen LogP contribution in [-0.2, 0) is 10.0 Å². The van der Waals surface area contributed by atoms with Gasteiger partial charge < -0.3 is 4.74 Å². The SMILES string of the molecule is CCCCN(c1ccccc1OC)S(=O)(=O)c1ccc(F)cc1. The molecule has 0 aliphatic heterocycles. The van der Waals surface area contributed by atoms with Gasteiger partial charge in [0.15, 0.2) is 0 Å². The number of ether oxygens (including phenoxy) is 1. The molecular weight excluding hydrogens is 317 g/mol. The quantitative estimate of drug-likeness (QED) is 0.771. The fraction of sp³-hybridized carbons (Fsp3) is 0.294. The first-order chi connectivity index (χ1) is 11.0. The molecule has 124 valence electrons. The summed E-state index contributed by atoms with van der Waals surface area (Å²) in [6, 6.07) is 11.8. The average Bonchev–Trinajstić information content (AvgIpc) is 2.56. The Balaban J connectivity index is 2.51. The molecule has 0 saturated heterocycles. The van der Waals surface area contributed by atoms with E-state index >= 15 is 0 Å². The Morgan fingerprint density at radius 2 is 1.74 bits per heavy atom. The summed E-state index contributed by atoms with van der Waals surface area (Å²) in [5, 5.41) is 0. The lowest BCUT2D eigenvalue weighted by molar-refractivity contribution is 0.415. The van der Waals surface area contributed by atoms with E-state index in [2.05, 4.69) is 0 Å². The van der Waals surface area contributed by atoms with E-state index in [0.29, 0.717) is 24.4 Å². The van der Waals surface area contributed by atoms with E-state index in [1.165, 1.54) is 23.5 Å². The number of sulfonamides is 1. The number of anilines is 1. The Labute approximate surface area is 136 Å². The minimum Gasteiger partial charge on any atom is -0.495 e. The number of nitrogens with zero attached hydrogens (tertiary/aromatic N) is 1. The minimum absolute atomic E-state index is 0.0564. The van der Waals surface area contributed by atoms with Gasteiger partial charge in [-0.25, -0.2) is 12.8 Å². The Hall–Kier alpha value is -2.08. The van der Waals surface area contributed by atoms with Gasteiger partial charge in [0.2, 0.25) is 0 Å². The molecule has 0 bridgehead atoms. The number of rotatable bonds is 7. The number of hydrogen-bond acceptors (Lipinski definition) is 3. The summed E-state index contributed by atoms with van der Waals surface area (Å²) in [5.74, 6) is 0.00985. The van der Waals surface area contributed by atoms with E-state index in [9.17, 15) is 12.8 Å². The van der Waals surface area contributed by atoms with Gasteiger partial charge in [0.25, 0.3) is 10.0 Å². The second kappa shape index (κ2) is 7.46. The van der Waals surface area contributed by atoms with Crippen molar-refractivity contribution in [1.29, 1.82) is 0 Å². The fourth-order valence-corrected chi connectivity index (χ4v) is 3.76. The van der Waals surface area contributed by atoms with Crippen molar-refractivity contribution in [2.75, 3.05) is 18.0 Å². The van der Waals surface area contributed by atoms with Crippen molar-refractivity contribution in [3.8, 4) is 5.75 Å². The van der Waals surface area contributed by atoms with E-state index in [-0.39, 0.29) is 4.90 Å². The van der Waals surface area contributed by atoms with Crippen molar-refractivity contribution in [3.05, 3.63) is 54.3 Å². The monoisotopic (exact) mass is 337 g/mol. The molecule has 0 atom stereocenters. The van der Waals surface area contributed by atoms with E-state index in [1.807, 2.05) is 6.92 Å². The van der Waals surface area contributed by atoms with Gasteiger partial charge in [-0.3, -0.25) is 4.31 Å². The highest BCUT2D eigenvalue weighted by molar-refractivity contribution is 7.92. The molecule has 4 nitrogen and oxygen atoms in total. The van der Waals surface area contributed by atoms with E-state index < -0.39 is 15.8 Å². The summed E-state index contributed by atoms with van der Waals surface area (Å²) in [5.41, 5.74) is 0.479. The van der Waals surface area contributed by atoms with Gasteiger partial charge in [-0.2, -0.15) is 0 Å². The summed E-state index contributed by atoms with van der Waals surface area (Å²) in [7, 11) is -2.29. The third-order valence-electron chi connectivity index (χ3n) is 3.47. The van der Waals surface area contributed by atoms with Crippen LogP contribution in [0.25, 0.3) is 0 Å². The molecule has 0 spiro atoms. The Kier molecular flexibility index (Phi) is 5.60. The van der Waals surface area contributed by atoms with E-state index in [4.69, 9.17) is 4.74 Å². The number of para-hydroxylation sites is 2. The molecule has 0 saturated carbocycles. The maximum absolute atomic E-state index is 13.1. The molecule has 0 heterocycles. The maximum atomic E-state index is 13.1. The van der Waals surface area contributed by atoms with Crippen LogP contribution < -0.4 is 9.04 Å². The average molecular weight is 337 g/mol. The lowest BCUT2D eigenvalue weighted by atomic mass is 10.2. The first-order valence-corrected chi connectivity index (χ1v) is 8.86. The lowest BCUT2D eigenvalue weighted by Gasteiger charge is -2.26. The number of halogens is 1. The van der Waals surface area contributed by atoms with Crippen LogP contribution in [0.4, 0.5) is 10.1 Å². The molecule has 0 aliphatic rings. The third kappa shape index (κ3) is 3.82. The number of benzene rings is 2. The van der Waals surface area contributed by atoms with Gasteiger partial charge in [-0.15, -0.1) is 0 Å². The van der Waals surface area contributed by atoms with Crippen molar-refractivity contribution in [2.24, 2.45) is 0 Å². The third-order valence-corrected chi connectivity index (χ3v) is 5.30. The van der Waals surface area contributed by atoms with Gasteiger partial charge in [-0.05, 0) is 42.8 Å². The highest BCUT2D eigenvalue weighted by Crippen LogP contribution is 2.32. The predicted molar refractivity (Wildman–Crippen MR) is 88.8 cm³/mol. The van der Waals surface area contributed by atoms with Crippen molar-refractivity contribution < 1.29 is 17.5 Å². The van der Waals surface area contributed by atoms with Gasteiger partial charge in [0, 0.05) is 6.54 Å². The molecule has 0 aliphatic carbocycles. The van der Waals surface area contributed by atoms with Gasteiger partial charge >= 0.3 is 0 Å². The van der Waals surface area contributed by atoms with Crippen LogP contribution >= 0.6 is 0 Å². The van der Waals surface area contributed by atoms with Gasteiger partial charge in [0.1, 0.15) is 11.6 Å². The summed E-state index contributed by atoms with van der Waals surface area (Å²) < 4.78 is 45.6. The zero-order valence-electron chi connectivity index (χ0n) is 13.2. The molecular formula is C17H20FNO3S. The molecule has 6 heteroatoms. The normalized spacial score (nSPS) is 11.3. The van der Waals surface area contributed by atoms with E-state index in [1.54, 1.807) is 24.3 Å². The zero-order valence-corrected chi connectivity index (χ0v) is 14.0. The molecule has 0 N–H and O–H groups in total. The second-order valence-electron chi connectivity index (χ2n) is 5.06. The highest BCUT2D eigenvalue weighted by Gasteiger charge is 2.26. The smallest absolute Gasteiger partial charge is 0.264 e. The highest BCUT2D eigenvalue weighted by atomic mass is 32.2. The molecule has 0 radical (unpaired) electrons. The van der Waals surface area contributed by atoms with Crippen molar-refractivity contribution in [2.45, 2.75) is 24.7 Å². The molecule has 23 heavy (non-hydrogen) atoms. The maximum Gasteiger partial charge on any atom is 0.264 e. The Morgan fingerprint density at radius 3 is 2.35 bits per heavy atom. The van der Waals surface area contributed by atoms with Gasteiger partial charge in [-0.1, -0.05) is 25.5 Å². The fourth-order valence-electron chi connectivity index (χ4n) is 2.24. The van der Waals surface area contributed by atoms with Crippen molar-refractivity contribution >= 4 is 15.7 Å². The van der Waals surface area contributed by atoms with Crippen LogP contribution in [0.15, 0.2) is 53.4 Å². The molecule has 0 amide bonds. The summed E-state index contributed by atoms with van der Waals surface area (Å²) in [6.45, 7) is 2.32. The molecule has 0 fully saturated rings. The van der Waals surface area contributed by atoms with Gasteiger partial charge in [0.05, 0.1) is 17.7 Å². The summed E-state index contributed by atoms with van der Waals surface area (Å²) in [6.07, 6.45) is 1.56. The van der Waals surface area contributed by atoms with Crippen LogP contribution in [0.1, 0.15) is 19.8 Å². The summed E-state index contributed by atoms with van der Waals surface area (Å²) in [4.78, 5) is 0.0564. The van der Waals surface area contributed by atoms with Crippen LogP contribution in [0.3, 0.4) is 0 Å². The molecule has 0 aromatic heterocycles. The van der Waals surface area contributed by atoms with Crippen LogP contribution in [0, 0.1) is 5.82 Å². The van der Waals surface area contributed by atoms with Crippen LogP contribution in [0.5, 0.6) is 5.75 Å². The number of methoxy groups -OCH3 is 1. The standard InChI is InChI=1S/C17H20FNO3S/c1-3-4-13-19(16-7-5-6-8-17(16)22-2)23(20,21)15-11-9-14(18)10-12-15/h5-12H,3-4,13H2,1-2H3. The van der Waals surface area contributed by atoms with E-state index in [0.717, 1.165) is 18.6 Å². The second-order valence-corrected chi connectivity index (χ2v) is 6.92. The van der Waals surface area contributed by atoms with Crippen molar-refractivity contribution in [1.82, 2.24) is 0 Å². The minimum atomic E-state index is -3.79. The number of unbranched alkanes of at least 4 members (excludes halogenated alkanes) is 1. The van der Waals surface area contributed by atoms with Crippen LogP contribution in [-0.4, -0.2) is 22.1 Å².